The summed E-state index contributed by atoms with van der Waals surface area (Å²) in [4.78, 5) is 16.2. The van der Waals surface area contributed by atoms with Gasteiger partial charge in [0.15, 0.2) is 5.82 Å². The Bertz CT molecular complexity index is 671. The summed E-state index contributed by atoms with van der Waals surface area (Å²) >= 11 is 1.94. The number of carbonyl (C=O) groups excluding carboxylic acids is 1. The SMILES string of the molecule is O=C(Cc1ccccc1F)NCc1nc(C2CCSCC2)no1. The number of hydrogen-bond acceptors (Lipinski definition) is 5. The van der Waals surface area contributed by atoms with Crippen LogP contribution in [0.2, 0.25) is 0 Å². The molecule has 0 unspecified atom stereocenters. The first kappa shape index (κ1) is 16.0. The van der Waals surface area contributed by atoms with Gasteiger partial charge in [-0.1, -0.05) is 23.4 Å². The number of benzene rings is 1. The molecule has 1 saturated heterocycles. The second-order valence-electron chi connectivity index (χ2n) is 5.48. The number of thioether (sulfide) groups is 1. The minimum absolute atomic E-state index is 0.00643. The van der Waals surface area contributed by atoms with Crippen molar-refractivity contribution in [3.63, 3.8) is 0 Å². The highest BCUT2D eigenvalue weighted by Crippen LogP contribution is 2.29. The van der Waals surface area contributed by atoms with Gasteiger partial charge >= 0.3 is 0 Å². The maximum absolute atomic E-state index is 13.5. The fraction of sp³-hybridized carbons (Fsp3) is 0.438. The van der Waals surface area contributed by atoms with Gasteiger partial charge in [-0.25, -0.2) is 4.39 Å². The molecule has 122 valence electrons. The molecule has 0 radical (unpaired) electrons. The largest absolute Gasteiger partial charge is 0.347 e. The number of hydrogen-bond donors (Lipinski definition) is 1. The minimum Gasteiger partial charge on any atom is -0.347 e. The monoisotopic (exact) mass is 335 g/mol. The minimum atomic E-state index is -0.377. The summed E-state index contributed by atoms with van der Waals surface area (Å²) in [6.45, 7) is 0.168. The van der Waals surface area contributed by atoms with Crippen LogP contribution in [-0.4, -0.2) is 27.6 Å². The lowest BCUT2D eigenvalue weighted by Crippen LogP contribution is -2.25. The molecule has 0 atom stereocenters. The van der Waals surface area contributed by atoms with Crippen LogP contribution in [0.5, 0.6) is 0 Å². The summed E-state index contributed by atoms with van der Waals surface area (Å²) < 4.78 is 18.7. The summed E-state index contributed by atoms with van der Waals surface area (Å²) in [6, 6.07) is 6.25. The zero-order valence-electron chi connectivity index (χ0n) is 12.6. The molecule has 2 aromatic rings. The first-order chi connectivity index (χ1) is 11.2. The number of carbonyl (C=O) groups is 1. The van der Waals surface area contributed by atoms with Gasteiger partial charge in [0.05, 0.1) is 13.0 Å². The van der Waals surface area contributed by atoms with E-state index in [2.05, 4.69) is 15.5 Å². The van der Waals surface area contributed by atoms with Crippen molar-refractivity contribution >= 4 is 17.7 Å². The molecular formula is C16H18FN3O2S. The Morgan fingerprint density at radius 3 is 2.91 bits per heavy atom. The van der Waals surface area contributed by atoms with Gasteiger partial charge in [-0.05, 0) is 36.0 Å². The molecule has 3 rings (SSSR count). The van der Waals surface area contributed by atoms with E-state index in [1.54, 1.807) is 18.2 Å². The lowest BCUT2D eigenvalue weighted by molar-refractivity contribution is -0.120. The normalized spacial score (nSPS) is 15.5. The summed E-state index contributed by atoms with van der Waals surface area (Å²) in [7, 11) is 0. The van der Waals surface area contributed by atoms with Gasteiger partial charge in [0.25, 0.3) is 0 Å². The van der Waals surface area contributed by atoms with E-state index in [1.165, 1.54) is 6.07 Å². The highest BCUT2D eigenvalue weighted by molar-refractivity contribution is 7.99. The first-order valence-electron chi connectivity index (χ1n) is 7.62. The predicted molar refractivity (Wildman–Crippen MR) is 85.5 cm³/mol. The van der Waals surface area contributed by atoms with E-state index in [-0.39, 0.29) is 24.7 Å². The summed E-state index contributed by atoms with van der Waals surface area (Å²) in [5, 5.41) is 6.69. The van der Waals surface area contributed by atoms with Crippen LogP contribution in [0, 0.1) is 5.82 Å². The van der Waals surface area contributed by atoms with E-state index >= 15 is 0 Å². The third-order valence-corrected chi connectivity index (χ3v) is 4.86. The van der Waals surface area contributed by atoms with Gasteiger partial charge in [0.2, 0.25) is 11.8 Å². The third kappa shape index (κ3) is 4.31. The molecular weight excluding hydrogens is 317 g/mol. The fourth-order valence-electron chi connectivity index (χ4n) is 2.51. The Hall–Kier alpha value is -1.89. The van der Waals surface area contributed by atoms with Crippen molar-refractivity contribution in [2.45, 2.75) is 31.7 Å². The summed E-state index contributed by atoms with van der Waals surface area (Å²) in [6.07, 6.45) is 2.11. The number of aromatic nitrogens is 2. The average molecular weight is 335 g/mol. The molecule has 0 spiro atoms. The van der Waals surface area contributed by atoms with Gasteiger partial charge in [-0.15, -0.1) is 0 Å². The lowest BCUT2D eigenvalue weighted by atomic mass is 10.0. The first-order valence-corrected chi connectivity index (χ1v) is 8.78. The van der Waals surface area contributed by atoms with Gasteiger partial charge < -0.3 is 9.84 Å². The lowest BCUT2D eigenvalue weighted by Gasteiger charge is -2.17. The molecule has 2 heterocycles. The van der Waals surface area contributed by atoms with E-state index in [0.717, 1.165) is 30.2 Å². The van der Waals surface area contributed by atoms with Crippen molar-refractivity contribution in [1.29, 1.82) is 0 Å². The number of amides is 1. The van der Waals surface area contributed by atoms with E-state index in [0.29, 0.717) is 17.4 Å². The van der Waals surface area contributed by atoms with E-state index in [9.17, 15) is 9.18 Å². The molecule has 23 heavy (non-hydrogen) atoms. The maximum atomic E-state index is 13.5. The summed E-state index contributed by atoms with van der Waals surface area (Å²) in [5.41, 5.74) is 0.371. The molecule has 1 fully saturated rings. The molecule has 1 aromatic carbocycles. The van der Waals surface area contributed by atoms with Crippen LogP contribution in [0.4, 0.5) is 4.39 Å². The van der Waals surface area contributed by atoms with Crippen LogP contribution in [0.15, 0.2) is 28.8 Å². The molecule has 1 aliphatic rings. The van der Waals surface area contributed by atoms with Gasteiger partial charge in [0.1, 0.15) is 5.82 Å². The second-order valence-corrected chi connectivity index (χ2v) is 6.70. The van der Waals surface area contributed by atoms with Crippen LogP contribution in [0.25, 0.3) is 0 Å². The van der Waals surface area contributed by atoms with E-state index in [4.69, 9.17) is 4.52 Å². The van der Waals surface area contributed by atoms with Crippen molar-refractivity contribution in [2.24, 2.45) is 0 Å². The van der Waals surface area contributed by atoms with Gasteiger partial charge in [0, 0.05) is 5.92 Å². The van der Waals surface area contributed by atoms with Crippen molar-refractivity contribution in [3.05, 3.63) is 47.4 Å². The quantitative estimate of drug-likeness (QED) is 0.910. The average Bonchev–Trinajstić information content (AvgIpc) is 3.05. The molecule has 0 saturated carbocycles. The Kier molecular flexibility index (Phi) is 5.27. The Balaban J connectivity index is 1.51. The number of nitrogens with one attached hydrogen (secondary N) is 1. The van der Waals surface area contributed by atoms with Crippen LogP contribution >= 0.6 is 11.8 Å². The van der Waals surface area contributed by atoms with Crippen molar-refractivity contribution in [1.82, 2.24) is 15.5 Å². The molecule has 0 aliphatic carbocycles. The zero-order valence-corrected chi connectivity index (χ0v) is 13.4. The third-order valence-electron chi connectivity index (χ3n) is 3.82. The molecule has 1 aromatic heterocycles. The highest BCUT2D eigenvalue weighted by Gasteiger charge is 2.21. The molecule has 1 amide bonds. The molecule has 5 nitrogen and oxygen atoms in total. The highest BCUT2D eigenvalue weighted by atomic mass is 32.2. The van der Waals surface area contributed by atoms with Gasteiger partial charge in [-0.2, -0.15) is 16.7 Å². The van der Waals surface area contributed by atoms with Crippen LogP contribution in [0.1, 0.15) is 36.0 Å². The Morgan fingerprint density at radius 1 is 1.35 bits per heavy atom. The van der Waals surface area contributed by atoms with Crippen molar-refractivity contribution in [3.8, 4) is 0 Å². The molecule has 0 bridgehead atoms. The van der Waals surface area contributed by atoms with Crippen LogP contribution < -0.4 is 5.32 Å². The van der Waals surface area contributed by atoms with E-state index in [1.807, 2.05) is 11.8 Å². The summed E-state index contributed by atoms with van der Waals surface area (Å²) in [5.74, 6) is 3.05. The maximum Gasteiger partial charge on any atom is 0.246 e. The van der Waals surface area contributed by atoms with Gasteiger partial charge in [-0.3, -0.25) is 4.79 Å². The second kappa shape index (κ2) is 7.59. The Labute approximate surface area is 138 Å². The van der Waals surface area contributed by atoms with Crippen LogP contribution in [0.3, 0.4) is 0 Å². The molecule has 1 N–H and O–H groups in total. The van der Waals surface area contributed by atoms with Crippen molar-refractivity contribution < 1.29 is 13.7 Å². The Morgan fingerprint density at radius 2 is 2.13 bits per heavy atom. The standard InChI is InChI=1S/C16H18FN3O2S/c17-13-4-2-1-3-12(13)9-14(21)18-10-15-19-16(20-22-15)11-5-7-23-8-6-11/h1-4,11H,5-10H2,(H,18,21). The molecule has 7 heteroatoms. The number of halogens is 1. The fourth-order valence-corrected chi connectivity index (χ4v) is 3.62. The predicted octanol–water partition coefficient (Wildman–Crippen LogP) is 2.68. The number of rotatable bonds is 5. The number of nitrogens with zero attached hydrogens (tertiary/aromatic N) is 2. The van der Waals surface area contributed by atoms with Crippen molar-refractivity contribution in [2.75, 3.05) is 11.5 Å². The van der Waals surface area contributed by atoms with E-state index < -0.39 is 0 Å². The molecule has 1 aliphatic heterocycles. The smallest absolute Gasteiger partial charge is 0.246 e. The zero-order chi connectivity index (χ0) is 16.1. The van der Waals surface area contributed by atoms with Crippen LogP contribution in [-0.2, 0) is 17.8 Å². The topological polar surface area (TPSA) is 68.0 Å².